The van der Waals surface area contributed by atoms with Gasteiger partial charge in [-0.15, -0.1) is 10.6 Å². The Bertz CT molecular complexity index is 15.0. The number of hydrogen-bond acceptors (Lipinski definition) is 0. The maximum atomic E-state index is 2.25. The van der Waals surface area contributed by atoms with Gasteiger partial charge in [0.25, 0.3) is 0 Å². The van der Waals surface area contributed by atoms with Crippen molar-refractivity contribution in [3.05, 3.63) is 0 Å². The highest BCUT2D eigenvalue weighted by Crippen LogP contribution is 1.77. The van der Waals surface area contributed by atoms with Crippen molar-refractivity contribution in [3.63, 3.8) is 0 Å². The standard InChI is InChI=1S/2C2H5.Al.FH/c2*1-2;;/h2*1H2,2H3;;1H. The van der Waals surface area contributed by atoms with E-state index >= 15 is 0 Å². The van der Waals surface area contributed by atoms with Gasteiger partial charge in [0.05, 0.1) is 0 Å². The minimum Gasteiger partial charge on any atom is -0.269 e. The molecular formula is C4H11AlF. The van der Waals surface area contributed by atoms with Crippen molar-refractivity contribution in [2.75, 3.05) is 0 Å². The molecule has 0 N–H and O–H groups in total. The molecule has 0 fully saturated rings. The van der Waals surface area contributed by atoms with Crippen LogP contribution >= 0.6 is 0 Å². The molecule has 0 rings (SSSR count). The third-order valence-corrected chi connectivity index (χ3v) is 1.73. The van der Waals surface area contributed by atoms with Crippen molar-refractivity contribution in [1.82, 2.24) is 0 Å². The molecule has 0 aliphatic rings. The Kier molecular flexibility index (Phi) is 14.6. The van der Waals surface area contributed by atoms with E-state index in [2.05, 4.69) is 13.8 Å². The summed E-state index contributed by atoms with van der Waals surface area (Å²) in [6, 6.07) is 0. The highest BCUT2D eigenvalue weighted by Gasteiger charge is 1.74. The zero-order valence-electron chi connectivity index (χ0n) is 4.40. The van der Waals surface area contributed by atoms with Crippen molar-refractivity contribution in [2.45, 2.75) is 24.4 Å². The molecule has 0 spiro atoms. The summed E-state index contributed by atoms with van der Waals surface area (Å²) in [6.45, 7) is 4.50. The molecule has 1 radical (unpaired) electrons. The van der Waals surface area contributed by atoms with Crippen LogP contribution in [0.3, 0.4) is 0 Å². The summed E-state index contributed by atoms with van der Waals surface area (Å²) in [6.07, 6.45) is 0. The van der Waals surface area contributed by atoms with Crippen LogP contribution in [-0.4, -0.2) is 15.2 Å². The summed E-state index contributed by atoms with van der Waals surface area (Å²) in [5.74, 6) is 0. The van der Waals surface area contributed by atoms with Gasteiger partial charge in [-0.05, 0) is 0 Å². The Labute approximate surface area is 45.0 Å². The van der Waals surface area contributed by atoms with E-state index in [1.165, 1.54) is 10.6 Å². The molecule has 0 aromatic rings. The van der Waals surface area contributed by atoms with Gasteiger partial charge in [0.1, 0.15) is 0 Å². The average molecular weight is 105 g/mol. The molecule has 2 heteroatoms. The van der Waals surface area contributed by atoms with Crippen LogP contribution in [0.1, 0.15) is 13.8 Å². The monoisotopic (exact) mass is 105 g/mol. The first-order valence-corrected chi connectivity index (χ1v) is 3.86. The second-order valence-electron chi connectivity index (χ2n) is 1.11. The maximum Gasteiger partial charge on any atom is 0.198 e. The first-order chi connectivity index (χ1) is 2.41. The van der Waals surface area contributed by atoms with Gasteiger partial charge >= 0.3 is 0 Å². The second kappa shape index (κ2) is 9.07. The lowest BCUT2D eigenvalue weighted by atomic mass is 10.9. The fraction of sp³-hybridized carbons (Fsp3) is 1.00. The first-order valence-electron chi connectivity index (χ1n) is 2.23. The lowest BCUT2D eigenvalue weighted by molar-refractivity contribution is 1.11. The van der Waals surface area contributed by atoms with Crippen LogP contribution in [-0.2, 0) is 0 Å². The van der Waals surface area contributed by atoms with E-state index in [1.54, 1.807) is 0 Å². The normalized spacial score (nSPS) is 6.33. The molecule has 0 nitrogen and oxygen atoms in total. The summed E-state index contributed by atoms with van der Waals surface area (Å²) in [5.41, 5.74) is 0. The summed E-state index contributed by atoms with van der Waals surface area (Å²) in [7, 11) is 0. The van der Waals surface area contributed by atoms with Gasteiger partial charge in [-0.3, -0.25) is 4.70 Å². The molecule has 0 aromatic carbocycles. The lowest BCUT2D eigenvalue weighted by Crippen LogP contribution is -1.76. The second-order valence-corrected chi connectivity index (χ2v) is 3.32. The molecule has 0 heterocycles. The smallest absolute Gasteiger partial charge is 0.198 e. The summed E-state index contributed by atoms with van der Waals surface area (Å²) >= 11 is 0.815. The summed E-state index contributed by atoms with van der Waals surface area (Å²) in [5, 5.41) is 2.85. The van der Waals surface area contributed by atoms with Crippen LogP contribution < -0.4 is 0 Å². The van der Waals surface area contributed by atoms with Gasteiger partial charge in [-0.25, -0.2) is 0 Å². The highest BCUT2D eigenvalue weighted by atomic mass is 27.1. The van der Waals surface area contributed by atoms with Crippen LogP contribution in [0.25, 0.3) is 0 Å². The quantitative estimate of drug-likeness (QED) is 0.469. The van der Waals surface area contributed by atoms with E-state index in [1.807, 2.05) is 0 Å². The van der Waals surface area contributed by atoms with Crippen molar-refractivity contribution in [1.29, 1.82) is 0 Å². The van der Waals surface area contributed by atoms with Crippen molar-refractivity contribution in [3.8, 4) is 0 Å². The predicted molar refractivity (Wildman–Crippen MR) is 29.2 cm³/mol. The Morgan fingerprint density at radius 1 is 1.17 bits per heavy atom. The van der Waals surface area contributed by atoms with Gasteiger partial charge < -0.3 is 0 Å². The Morgan fingerprint density at radius 3 is 1.50 bits per heavy atom. The Hall–Kier alpha value is 0.462. The minimum absolute atomic E-state index is 0. The van der Waals surface area contributed by atoms with E-state index < -0.39 is 0 Å². The Morgan fingerprint density at radius 2 is 1.50 bits per heavy atom. The fourth-order valence-corrected chi connectivity index (χ4v) is 0.866. The predicted octanol–water partition coefficient (Wildman–Crippen LogP) is 1.72. The number of halogens is 1. The molecule has 0 saturated heterocycles. The molecule has 0 aromatic heterocycles. The fourth-order valence-electron chi connectivity index (χ4n) is 0.289. The molecule has 0 unspecified atom stereocenters. The van der Waals surface area contributed by atoms with Gasteiger partial charge in [0.15, 0.2) is 15.2 Å². The molecule has 0 aliphatic heterocycles. The van der Waals surface area contributed by atoms with Crippen molar-refractivity contribution < 1.29 is 4.70 Å². The zero-order valence-corrected chi connectivity index (χ0v) is 5.55. The van der Waals surface area contributed by atoms with Gasteiger partial charge in [0.2, 0.25) is 0 Å². The highest BCUT2D eigenvalue weighted by molar-refractivity contribution is 6.34. The maximum absolute atomic E-state index is 2.25. The SMILES string of the molecule is C[CH2][Al][CH2]C.F. The van der Waals surface area contributed by atoms with E-state index in [0.29, 0.717) is 0 Å². The van der Waals surface area contributed by atoms with Gasteiger partial charge in [0, 0.05) is 0 Å². The van der Waals surface area contributed by atoms with Crippen LogP contribution in [0, 0.1) is 0 Å². The first kappa shape index (κ1) is 9.68. The minimum atomic E-state index is 0. The van der Waals surface area contributed by atoms with Crippen LogP contribution in [0.2, 0.25) is 10.6 Å². The van der Waals surface area contributed by atoms with Crippen molar-refractivity contribution >= 4 is 15.2 Å². The number of rotatable bonds is 2. The lowest BCUT2D eigenvalue weighted by Gasteiger charge is -1.74. The molecule has 0 amide bonds. The van der Waals surface area contributed by atoms with Crippen LogP contribution in [0.4, 0.5) is 4.70 Å². The third-order valence-electron chi connectivity index (χ3n) is 0.577. The number of hydrogen-bond donors (Lipinski definition) is 0. The van der Waals surface area contributed by atoms with Crippen molar-refractivity contribution in [2.24, 2.45) is 0 Å². The molecule has 0 aliphatic carbocycles. The summed E-state index contributed by atoms with van der Waals surface area (Å²) in [4.78, 5) is 0. The molecule has 0 bridgehead atoms. The van der Waals surface area contributed by atoms with E-state index in [-0.39, 0.29) is 4.70 Å². The van der Waals surface area contributed by atoms with Gasteiger partial charge in [-0.2, -0.15) is 0 Å². The topological polar surface area (TPSA) is 0 Å². The molecule has 0 atom stereocenters. The van der Waals surface area contributed by atoms with E-state index in [4.69, 9.17) is 0 Å². The van der Waals surface area contributed by atoms with Crippen LogP contribution in [0.15, 0.2) is 0 Å². The molecule has 6 heavy (non-hydrogen) atoms. The third kappa shape index (κ3) is 8.82. The Balaban J connectivity index is 0. The largest absolute Gasteiger partial charge is 0.269 e. The molecular weight excluding hydrogens is 94.0 g/mol. The molecule has 0 saturated carbocycles. The van der Waals surface area contributed by atoms with E-state index in [0.717, 1.165) is 15.2 Å². The summed E-state index contributed by atoms with van der Waals surface area (Å²) < 4.78 is 0. The van der Waals surface area contributed by atoms with Crippen LogP contribution in [0.5, 0.6) is 0 Å². The molecule has 37 valence electrons. The zero-order chi connectivity index (χ0) is 4.12. The average Bonchev–Trinajstić information content (AvgIpc) is 1.41. The van der Waals surface area contributed by atoms with Gasteiger partial charge in [-0.1, -0.05) is 13.8 Å². The van der Waals surface area contributed by atoms with E-state index in [9.17, 15) is 0 Å².